The van der Waals surface area contributed by atoms with Gasteiger partial charge in [0.15, 0.2) is 0 Å². The molecule has 2 nitrogen and oxygen atoms in total. The Balaban J connectivity index is 1.84. The van der Waals surface area contributed by atoms with Crippen molar-refractivity contribution in [3.63, 3.8) is 0 Å². The topological polar surface area (TPSA) is 38.0 Å². The summed E-state index contributed by atoms with van der Waals surface area (Å²) in [5.41, 5.74) is 11.3. The van der Waals surface area contributed by atoms with Gasteiger partial charge in [0.1, 0.15) is 5.82 Å². The van der Waals surface area contributed by atoms with Gasteiger partial charge >= 0.3 is 0 Å². The molecule has 1 saturated carbocycles. The Hall–Kier alpha value is -1.74. The van der Waals surface area contributed by atoms with Crippen LogP contribution in [0.4, 0.5) is 15.8 Å². The van der Waals surface area contributed by atoms with E-state index in [1.54, 1.807) is 12.1 Å². The van der Waals surface area contributed by atoms with Crippen LogP contribution in [0.25, 0.3) is 0 Å². The van der Waals surface area contributed by atoms with E-state index in [9.17, 15) is 4.39 Å². The lowest BCUT2D eigenvalue weighted by atomic mass is 9.97. The summed E-state index contributed by atoms with van der Waals surface area (Å²) in [5, 5.41) is 3.40. The number of anilines is 2. The molecule has 1 aliphatic carbocycles. The molecule has 1 fully saturated rings. The predicted molar refractivity (Wildman–Crippen MR) is 86.3 cm³/mol. The third kappa shape index (κ3) is 2.98. The summed E-state index contributed by atoms with van der Waals surface area (Å²) >= 11 is 5.70. The Morgan fingerprint density at radius 2 is 2.05 bits per heavy atom. The highest BCUT2D eigenvalue weighted by Crippen LogP contribution is 2.43. The molecule has 1 aliphatic rings. The average molecular weight is 305 g/mol. The lowest BCUT2D eigenvalue weighted by molar-refractivity contribution is 0.628. The van der Waals surface area contributed by atoms with Crippen molar-refractivity contribution in [2.45, 2.75) is 32.2 Å². The maximum atomic E-state index is 13.5. The van der Waals surface area contributed by atoms with Crippen molar-refractivity contribution < 1.29 is 4.39 Å². The molecule has 4 heteroatoms. The number of nitrogens with one attached hydrogen (secondary N) is 1. The number of hydrogen-bond donors (Lipinski definition) is 2. The minimum atomic E-state index is -0.409. The molecule has 0 unspecified atom stereocenters. The van der Waals surface area contributed by atoms with Gasteiger partial charge in [0.05, 0.1) is 5.02 Å². The first-order chi connectivity index (χ1) is 10.1. The Labute approximate surface area is 129 Å². The molecular formula is C17H18ClFN2. The standard InChI is InChI=1S/C17H18ClFN2/c1-10-14(13(11-2-3-11)5-7-17(10)20)9-21-12-4-6-15(18)16(19)8-12/h4-8,11,21H,2-3,9,20H2,1H3. The van der Waals surface area contributed by atoms with Crippen LogP contribution in [0.15, 0.2) is 30.3 Å². The molecular weight excluding hydrogens is 287 g/mol. The summed E-state index contributed by atoms with van der Waals surface area (Å²) in [6.45, 7) is 2.68. The van der Waals surface area contributed by atoms with Crippen molar-refractivity contribution in [1.82, 2.24) is 0 Å². The molecule has 0 amide bonds. The summed E-state index contributed by atoms with van der Waals surface area (Å²) in [5.74, 6) is 0.247. The van der Waals surface area contributed by atoms with Crippen molar-refractivity contribution >= 4 is 23.0 Å². The van der Waals surface area contributed by atoms with Crippen LogP contribution >= 0.6 is 11.6 Å². The van der Waals surface area contributed by atoms with Gasteiger partial charge in [-0.15, -0.1) is 0 Å². The van der Waals surface area contributed by atoms with Crippen LogP contribution in [0.3, 0.4) is 0 Å². The zero-order valence-electron chi connectivity index (χ0n) is 11.9. The van der Waals surface area contributed by atoms with E-state index in [1.807, 2.05) is 13.0 Å². The second-order valence-corrected chi connectivity index (χ2v) is 6.01. The van der Waals surface area contributed by atoms with Gasteiger partial charge in [-0.25, -0.2) is 4.39 Å². The van der Waals surface area contributed by atoms with E-state index in [0.717, 1.165) is 16.9 Å². The van der Waals surface area contributed by atoms with Crippen LogP contribution in [-0.4, -0.2) is 0 Å². The van der Waals surface area contributed by atoms with Crippen molar-refractivity contribution in [2.75, 3.05) is 11.1 Å². The van der Waals surface area contributed by atoms with Gasteiger partial charge in [-0.2, -0.15) is 0 Å². The summed E-state index contributed by atoms with van der Waals surface area (Å²) < 4.78 is 13.5. The molecule has 3 N–H and O–H groups in total. The number of hydrogen-bond acceptors (Lipinski definition) is 2. The van der Waals surface area contributed by atoms with Gasteiger partial charge in [-0.05, 0) is 66.6 Å². The molecule has 0 atom stereocenters. The Morgan fingerprint density at radius 1 is 1.29 bits per heavy atom. The van der Waals surface area contributed by atoms with Gasteiger partial charge < -0.3 is 11.1 Å². The van der Waals surface area contributed by atoms with E-state index < -0.39 is 5.82 Å². The van der Waals surface area contributed by atoms with Crippen LogP contribution in [0, 0.1) is 12.7 Å². The van der Waals surface area contributed by atoms with E-state index in [1.165, 1.54) is 30.0 Å². The van der Waals surface area contributed by atoms with Crippen molar-refractivity contribution in [1.29, 1.82) is 0 Å². The van der Waals surface area contributed by atoms with Crippen molar-refractivity contribution in [3.8, 4) is 0 Å². The number of rotatable bonds is 4. The summed E-state index contributed by atoms with van der Waals surface area (Å²) in [4.78, 5) is 0. The smallest absolute Gasteiger partial charge is 0.143 e. The summed E-state index contributed by atoms with van der Waals surface area (Å²) in [7, 11) is 0. The fraction of sp³-hybridized carbons (Fsp3) is 0.294. The second kappa shape index (κ2) is 5.57. The first-order valence-corrected chi connectivity index (χ1v) is 7.51. The molecule has 0 spiro atoms. The Morgan fingerprint density at radius 3 is 2.71 bits per heavy atom. The minimum absolute atomic E-state index is 0.138. The number of halogens is 2. The van der Waals surface area contributed by atoms with Gasteiger partial charge in [-0.1, -0.05) is 17.7 Å². The highest BCUT2D eigenvalue weighted by atomic mass is 35.5. The SMILES string of the molecule is Cc1c(N)ccc(C2CC2)c1CNc1ccc(Cl)c(F)c1. The normalized spacial score (nSPS) is 14.2. The van der Waals surface area contributed by atoms with Gasteiger partial charge in [-0.3, -0.25) is 0 Å². The number of nitrogen functional groups attached to an aromatic ring is 1. The fourth-order valence-electron chi connectivity index (χ4n) is 2.60. The largest absolute Gasteiger partial charge is 0.399 e. The molecule has 2 aromatic rings. The molecule has 0 bridgehead atoms. The van der Waals surface area contributed by atoms with Crippen LogP contribution in [-0.2, 0) is 6.54 Å². The third-order valence-corrected chi connectivity index (χ3v) is 4.39. The Bertz CT molecular complexity index is 681. The molecule has 0 saturated heterocycles. The first-order valence-electron chi connectivity index (χ1n) is 7.13. The maximum Gasteiger partial charge on any atom is 0.143 e. The van der Waals surface area contributed by atoms with E-state index in [-0.39, 0.29) is 5.02 Å². The monoisotopic (exact) mass is 304 g/mol. The maximum absolute atomic E-state index is 13.5. The fourth-order valence-corrected chi connectivity index (χ4v) is 2.72. The van der Waals surface area contributed by atoms with Gasteiger partial charge in [0.25, 0.3) is 0 Å². The van der Waals surface area contributed by atoms with E-state index >= 15 is 0 Å². The molecule has 2 aromatic carbocycles. The summed E-state index contributed by atoms with van der Waals surface area (Å²) in [6, 6.07) is 8.87. The van der Waals surface area contributed by atoms with E-state index in [0.29, 0.717) is 12.5 Å². The Kier molecular flexibility index (Phi) is 3.77. The molecule has 110 valence electrons. The van der Waals surface area contributed by atoms with Crippen molar-refractivity contribution in [2.24, 2.45) is 0 Å². The summed E-state index contributed by atoms with van der Waals surface area (Å²) in [6.07, 6.45) is 2.48. The molecule has 0 heterocycles. The highest BCUT2D eigenvalue weighted by Gasteiger charge is 2.26. The average Bonchev–Trinajstić information content (AvgIpc) is 3.28. The van der Waals surface area contributed by atoms with E-state index in [4.69, 9.17) is 17.3 Å². The van der Waals surface area contributed by atoms with Gasteiger partial charge in [0, 0.05) is 17.9 Å². The van der Waals surface area contributed by atoms with E-state index in [2.05, 4.69) is 11.4 Å². The molecule has 0 radical (unpaired) electrons. The predicted octanol–water partition coefficient (Wildman–Crippen LogP) is 4.86. The van der Waals surface area contributed by atoms with Crippen LogP contribution in [0.5, 0.6) is 0 Å². The lowest BCUT2D eigenvalue weighted by Crippen LogP contribution is -2.07. The zero-order chi connectivity index (χ0) is 15.0. The van der Waals surface area contributed by atoms with Crippen LogP contribution < -0.4 is 11.1 Å². The second-order valence-electron chi connectivity index (χ2n) is 5.60. The van der Waals surface area contributed by atoms with Crippen LogP contribution in [0.2, 0.25) is 5.02 Å². The molecule has 21 heavy (non-hydrogen) atoms. The number of nitrogens with two attached hydrogens (primary N) is 1. The quantitative estimate of drug-likeness (QED) is 0.792. The number of benzene rings is 2. The molecule has 0 aliphatic heterocycles. The molecule has 0 aromatic heterocycles. The van der Waals surface area contributed by atoms with Crippen molar-refractivity contribution in [3.05, 3.63) is 57.9 Å². The zero-order valence-corrected chi connectivity index (χ0v) is 12.7. The lowest BCUT2D eigenvalue weighted by Gasteiger charge is -2.16. The minimum Gasteiger partial charge on any atom is -0.399 e. The highest BCUT2D eigenvalue weighted by molar-refractivity contribution is 6.30. The molecule has 3 rings (SSSR count). The third-order valence-electron chi connectivity index (χ3n) is 4.08. The first kappa shape index (κ1) is 14.2. The van der Waals surface area contributed by atoms with Gasteiger partial charge in [0.2, 0.25) is 0 Å². The van der Waals surface area contributed by atoms with Crippen LogP contribution in [0.1, 0.15) is 35.4 Å².